The molecule has 0 aliphatic heterocycles. The monoisotopic (exact) mass is 327 g/mol. The number of nitrogen functional groups attached to an aromatic ring is 1. The maximum atomic E-state index is 11.6. The minimum Gasteiger partial charge on any atom is -0.289 e. The Bertz CT molecular complexity index is 688. The number of hydrazine groups is 1. The molecule has 0 aliphatic carbocycles. The highest BCUT2D eigenvalue weighted by atomic mass is 32.2. The molecule has 7 nitrogen and oxygen atoms in total. The second-order valence-electron chi connectivity index (χ2n) is 4.42. The normalized spacial score (nSPS) is 10.8. The standard InChI is InChI=1S/C12H17N5O2S2/c1-3-4-17-11(19)15-16-12(17)20-6-8-5-9(10(18)14-13)21-7(8)2/h5H,3-4,6,13H2,1-2H3,(H,14,18)(H,15,19). The van der Waals surface area contributed by atoms with Crippen molar-refractivity contribution in [1.29, 1.82) is 0 Å². The highest BCUT2D eigenvalue weighted by molar-refractivity contribution is 7.98. The summed E-state index contributed by atoms with van der Waals surface area (Å²) in [5, 5.41) is 7.16. The minimum atomic E-state index is -0.290. The van der Waals surface area contributed by atoms with Crippen LogP contribution in [0.15, 0.2) is 16.0 Å². The highest BCUT2D eigenvalue weighted by Crippen LogP contribution is 2.27. The van der Waals surface area contributed by atoms with Crippen LogP contribution in [-0.2, 0) is 12.3 Å². The first-order chi connectivity index (χ1) is 10.1. The fourth-order valence-electron chi connectivity index (χ4n) is 1.82. The number of hydrogen-bond acceptors (Lipinski definition) is 6. The Labute approximate surface area is 129 Å². The van der Waals surface area contributed by atoms with E-state index in [0.29, 0.717) is 22.3 Å². The van der Waals surface area contributed by atoms with Gasteiger partial charge in [0.15, 0.2) is 5.16 Å². The van der Waals surface area contributed by atoms with E-state index in [0.717, 1.165) is 16.9 Å². The van der Waals surface area contributed by atoms with Crippen LogP contribution in [-0.4, -0.2) is 20.7 Å². The predicted molar refractivity (Wildman–Crippen MR) is 83.4 cm³/mol. The van der Waals surface area contributed by atoms with Crippen LogP contribution in [0.2, 0.25) is 0 Å². The first-order valence-electron chi connectivity index (χ1n) is 6.45. The summed E-state index contributed by atoms with van der Waals surface area (Å²) in [5.41, 5.74) is 2.98. The molecule has 4 N–H and O–H groups in total. The largest absolute Gasteiger partial charge is 0.343 e. The van der Waals surface area contributed by atoms with Crippen molar-refractivity contribution in [3.05, 3.63) is 31.9 Å². The van der Waals surface area contributed by atoms with Crippen molar-refractivity contribution < 1.29 is 4.79 Å². The summed E-state index contributed by atoms with van der Waals surface area (Å²) in [6, 6.07) is 1.82. The topological polar surface area (TPSA) is 106 Å². The number of nitrogens with one attached hydrogen (secondary N) is 2. The van der Waals surface area contributed by atoms with Gasteiger partial charge in [0.05, 0.1) is 4.88 Å². The molecule has 0 bridgehead atoms. The smallest absolute Gasteiger partial charge is 0.289 e. The number of aromatic nitrogens is 3. The van der Waals surface area contributed by atoms with E-state index < -0.39 is 0 Å². The Balaban J connectivity index is 2.12. The summed E-state index contributed by atoms with van der Waals surface area (Å²) < 4.78 is 1.62. The molecule has 0 saturated heterocycles. The first-order valence-corrected chi connectivity index (χ1v) is 8.25. The first kappa shape index (κ1) is 15.8. The summed E-state index contributed by atoms with van der Waals surface area (Å²) >= 11 is 2.87. The van der Waals surface area contributed by atoms with Gasteiger partial charge >= 0.3 is 5.69 Å². The SMILES string of the molecule is CCCn1c(SCc2cc(C(=O)NN)sc2C)n[nH]c1=O. The molecule has 2 rings (SSSR count). The van der Waals surface area contributed by atoms with Crippen LogP contribution in [0, 0.1) is 6.92 Å². The Morgan fingerprint density at radius 1 is 1.62 bits per heavy atom. The molecular formula is C12H17N5O2S2. The maximum absolute atomic E-state index is 11.6. The molecule has 0 unspecified atom stereocenters. The lowest BCUT2D eigenvalue weighted by Crippen LogP contribution is -2.29. The number of amides is 1. The summed E-state index contributed by atoms with van der Waals surface area (Å²) in [6.07, 6.45) is 0.866. The molecule has 21 heavy (non-hydrogen) atoms. The van der Waals surface area contributed by atoms with E-state index in [4.69, 9.17) is 5.84 Å². The molecule has 9 heteroatoms. The third kappa shape index (κ3) is 3.55. The molecule has 1 amide bonds. The van der Waals surface area contributed by atoms with Gasteiger partial charge in [-0.25, -0.2) is 15.7 Å². The number of carbonyl (C=O) groups excluding carboxylic acids is 1. The molecule has 0 aliphatic rings. The molecule has 2 aromatic heterocycles. The maximum Gasteiger partial charge on any atom is 0.343 e. The second kappa shape index (κ2) is 6.92. The Morgan fingerprint density at radius 2 is 2.38 bits per heavy atom. The number of aryl methyl sites for hydroxylation is 1. The van der Waals surface area contributed by atoms with Crippen molar-refractivity contribution in [2.75, 3.05) is 0 Å². The molecule has 0 fully saturated rings. The van der Waals surface area contributed by atoms with Gasteiger partial charge in [-0.3, -0.25) is 14.8 Å². The molecule has 0 spiro atoms. The Hall–Kier alpha value is -1.58. The minimum absolute atomic E-state index is 0.190. The van der Waals surface area contributed by atoms with Crippen molar-refractivity contribution >= 4 is 29.0 Å². The molecule has 0 radical (unpaired) electrons. The third-order valence-electron chi connectivity index (χ3n) is 2.90. The number of thioether (sulfide) groups is 1. The van der Waals surface area contributed by atoms with Crippen molar-refractivity contribution in [2.45, 2.75) is 37.7 Å². The fourth-order valence-corrected chi connectivity index (χ4v) is 3.88. The zero-order valence-electron chi connectivity index (χ0n) is 11.8. The van der Waals surface area contributed by atoms with Crippen LogP contribution >= 0.6 is 23.1 Å². The number of thiophene rings is 1. The number of aromatic amines is 1. The molecule has 114 valence electrons. The molecule has 0 atom stereocenters. The zero-order chi connectivity index (χ0) is 15.4. The average molecular weight is 327 g/mol. The van der Waals surface area contributed by atoms with Crippen molar-refractivity contribution in [2.24, 2.45) is 5.84 Å². The van der Waals surface area contributed by atoms with E-state index in [2.05, 4.69) is 15.6 Å². The van der Waals surface area contributed by atoms with Crippen LogP contribution in [0.1, 0.15) is 33.5 Å². The fraction of sp³-hybridized carbons (Fsp3) is 0.417. The second-order valence-corrected chi connectivity index (χ2v) is 6.62. The number of nitrogens with zero attached hydrogens (tertiary/aromatic N) is 2. The number of rotatable bonds is 6. The van der Waals surface area contributed by atoms with Gasteiger partial charge in [-0.15, -0.1) is 16.4 Å². The van der Waals surface area contributed by atoms with E-state index in [9.17, 15) is 9.59 Å². The van der Waals surface area contributed by atoms with Gasteiger partial charge in [0.25, 0.3) is 5.91 Å². The van der Waals surface area contributed by atoms with E-state index in [1.165, 1.54) is 23.1 Å². The number of carbonyl (C=O) groups is 1. The molecular weight excluding hydrogens is 310 g/mol. The number of H-pyrrole nitrogens is 1. The van der Waals surface area contributed by atoms with Crippen LogP contribution in [0.25, 0.3) is 0 Å². The van der Waals surface area contributed by atoms with Gasteiger partial charge in [0.1, 0.15) is 0 Å². The Kier molecular flexibility index (Phi) is 5.21. The van der Waals surface area contributed by atoms with Gasteiger partial charge in [-0.05, 0) is 25.0 Å². The lowest BCUT2D eigenvalue weighted by molar-refractivity contribution is 0.0957. The van der Waals surface area contributed by atoms with Crippen molar-refractivity contribution in [3.8, 4) is 0 Å². The summed E-state index contributed by atoms with van der Waals surface area (Å²) in [6.45, 7) is 4.60. The lowest BCUT2D eigenvalue weighted by Gasteiger charge is -2.03. The summed E-state index contributed by atoms with van der Waals surface area (Å²) in [7, 11) is 0. The molecule has 2 heterocycles. The van der Waals surface area contributed by atoms with Gasteiger partial charge < -0.3 is 0 Å². The quantitative estimate of drug-likeness (QED) is 0.320. The van der Waals surface area contributed by atoms with E-state index >= 15 is 0 Å². The van der Waals surface area contributed by atoms with Gasteiger partial charge in [-0.1, -0.05) is 18.7 Å². The third-order valence-corrected chi connectivity index (χ3v) is 5.02. The van der Waals surface area contributed by atoms with Crippen molar-refractivity contribution in [1.82, 2.24) is 20.2 Å². The summed E-state index contributed by atoms with van der Waals surface area (Å²) in [4.78, 5) is 24.7. The highest BCUT2D eigenvalue weighted by Gasteiger charge is 2.13. The van der Waals surface area contributed by atoms with Crippen LogP contribution < -0.4 is 17.0 Å². The molecule has 0 saturated carbocycles. The lowest BCUT2D eigenvalue weighted by atomic mass is 10.3. The van der Waals surface area contributed by atoms with Crippen molar-refractivity contribution in [3.63, 3.8) is 0 Å². The van der Waals surface area contributed by atoms with Crippen LogP contribution in [0.3, 0.4) is 0 Å². The van der Waals surface area contributed by atoms with E-state index in [1.54, 1.807) is 4.57 Å². The average Bonchev–Trinajstić information content (AvgIpc) is 3.01. The molecule has 0 aromatic carbocycles. The predicted octanol–water partition coefficient (Wildman–Crippen LogP) is 1.25. The number of nitrogens with two attached hydrogens (primary N) is 1. The number of hydrogen-bond donors (Lipinski definition) is 3. The van der Waals surface area contributed by atoms with Gasteiger partial charge in [-0.2, -0.15) is 0 Å². The van der Waals surface area contributed by atoms with E-state index in [1.807, 2.05) is 19.9 Å². The summed E-state index contributed by atoms with van der Waals surface area (Å²) in [5.74, 6) is 5.49. The van der Waals surface area contributed by atoms with Gasteiger partial charge in [0, 0.05) is 17.2 Å². The van der Waals surface area contributed by atoms with E-state index in [-0.39, 0.29) is 11.6 Å². The van der Waals surface area contributed by atoms with Crippen LogP contribution in [0.4, 0.5) is 0 Å². The van der Waals surface area contributed by atoms with Crippen LogP contribution in [0.5, 0.6) is 0 Å². The molecule has 2 aromatic rings. The zero-order valence-corrected chi connectivity index (χ0v) is 13.4. The van der Waals surface area contributed by atoms with Gasteiger partial charge in [0.2, 0.25) is 0 Å². The Morgan fingerprint density at radius 3 is 3.05 bits per heavy atom.